The van der Waals surface area contributed by atoms with Crippen LogP contribution in [-0.4, -0.2) is 84.8 Å². The lowest BCUT2D eigenvalue weighted by Crippen LogP contribution is -2.57. The van der Waals surface area contributed by atoms with Gasteiger partial charge < -0.3 is 24.2 Å². The minimum Gasteiger partial charge on any atom is -0.456 e. The van der Waals surface area contributed by atoms with Crippen molar-refractivity contribution in [2.75, 3.05) is 62.7 Å². The maximum absolute atomic E-state index is 15.5. The van der Waals surface area contributed by atoms with Crippen molar-refractivity contribution < 1.29 is 23.1 Å². The molecule has 0 unspecified atom stereocenters. The smallest absolute Gasteiger partial charge is 0.236 e. The number of anilines is 3. The number of amides is 1. The van der Waals surface area contributed by atoms with Crippen LogP contribution >= 0.6 is 11.3 Å². The predicted molar refractivity (Wildman–Crippen MR) is 157 cm³/mol. The van der Waals surface area contributed by atoms with Gasteiger partial charge in [-0.1, -0.05) is 18.3 Å². The SMILES string of the molecule is CCc1oc2c(F)cc(N3CCN(CC(=O)N4CC(O)C4)CC3)cc2c1N(C)c1nc(-c2ccc(F)cc2)c(C#N)s1. The molecule has 12 heteroatoms. The molecule has 42 heavy (non-hydrogen) atoms. The number of carbonyl (C=O) groups is 1. The molecule has 4 aromatic rings. The molecular formula is C30H30F2N6O3S. The van der Waals surface area contributed by atoms with E-state index in [1.807, 2.05) is 24.9 Å². The summed E-state index contributed by atoms with van der Waals surface area (Å²) in [5.41, 5.74) is 2.66. The Morgan fingerprint density at radius 2 is 1.90 bits per heavy atom. The summed E-state index contributed by atoms with van der Waals surface area (Å²) in [5, 5.41) is 20.4. The van der Waals surface area contributed by atoms with E-state index >= 15 is 4.39 Å². The number of nitriles is 1. The van der Waals surface area contributed by atoms with Crippen molar-refractivity contribution in [3.05, 3.63) is 58.7 Å². The maximum Gasteiger partial charge on any atom is 0.236 e. The Kier molecular flexibility index (Phi) is 7.57. The molecule has 0 aliphatic carbocycles. The Morgan fingerprint density at radius 1 is 1.19 bits per heavy atom. The molecule has 2 aliphatic heterocycles. The molecule has 218 valence electrons. The van der Waals surface area contributed by atoms with Crippen LogP contribution in [0.2, 0.25) is 0 Å². The predicted octanol–water partition coefficient (Wildman–Crippen LogP) is 4.36. The second-order valence-corrected chi connectivity index (χ2v) is 11.6. The highest BCUT2D eigenvalue weighted by Gasteiger charge is 2.31. The number of fused-ring (bicyclic) bond motifs is 1. The molecule has 2 aromatic carbocycles. The monoisotopic (exact) mass is 592 g/mol. The second kappa shape index (κ2) is 11.3. The van der Waals surface area contributed by atoms with Crippen molar-refractivity contribution >= 4 is 44.7 Å². The van der Waals surface area contributed by atoms with E-state index in [0.717, 1.165) is 5.69 Å². The normalized spacial score (nSPS) is 16.1. The first-order valence-electron chi connectivity index (χ1n) is 13.8. The van der Waals surface area contributed by atoms with Gasteiger partial charge in [0.15, 0.2) is 16.5 Å². The van der Waals surface area contributed by atoms with Gasteiger partial charge in [0, 0.05) is 75.4 Å². The van der Waals surface area contributed by atoms with Gasteiger partial charge in [-0.3, -0.25) is 9.69 Å². The summed E-state index contributed by atoms with van der Waals surface area (Å²) in [6, 6.07) is 11.4. The Balaban J connectivity index is 1.27. The number of furan rings is 1. The van der Waals surface area contributed by atoms with E-state index in [1.54, 1.807) is 17.0 Å². The van der Waals surface area contributed by atoms with Crippen LogP contribution in [0.5, 0.6) is 0 Å². The van der Waals surface area contributed by atoms with Crippen molar-refractivity contribution in [2.45, 2.75) is 19.4 Å². The van der Waals surface area contributed by atoms with E-state index in [9.17, 15) is 19.6 Å². The number of thiazole rings is 1. The summed E-state index contributed by atoms with van der Waals surface area (Å²) in [7, 11) is 1.81. The largest absolute Gasteiger partial charge is 0.456 e. The van der Waals surface area contributed by atoms with Gasteiger partial charge in [-0.15, -0.1) is 0 Å². The molecule has 2 saturated heterocycles. The molecule has 2 aromatic heterocycles. The molecule has 0 spiro atoms. The fourth-order valence-electron chi connectivity index (χ4n) is 5.51. The number of aromatic nitrogens is 1. The Bertz CT molecular complexity index is 1670. The third kappa shape index (κ3) is 5.19. The number of hydrogen-bond donors (Lipinski definition) is 1. The zero-order valence-electron chi connectivity index (χ0n) is 23.3. The quantitative estimate of drug-likeness (QED) is 0.338. The van der Waals surface area contributed by atoms with Gasteiger partial charge in [0.05, 0.1) is 18.3 Å². The third-order valence-corrected chi connectivity index (χ3v) is 8.90. The van der Waals surface area contributed by atoms with Gasteiger partial charge in [0.25, 0.3) is 0 Å². The van der Waals surface area contributed by atoms with Gasteiger partial charge in [-0.05, 0) is 30.3 Å². The lowest BCUT2D eigenvalue weighted by Gasteiger charge is -2.39. The van der Waals surface area contributed by atoms with Crippen LogP contribution in [-0.2, 0) is 11.2 Å². The lowest BCUT2D eigenvalue weighted by molar-refractivity contribution is -0.142. The summed E-state index contributed by atoms with van der Waals surface area (Å²) < 4.78 is 35.0. The maximum atomic E-state index is 15.5. The van der Waals surface area contributed by atoms with Crippen molar-refractivity contribution in [3.8, 4) is 17.3 Å². The van der Waals surface area contributed by atoms with Crippen LogP contribution < -0.4 is 9.80 Å². The van der Waals surface area contributed by atoms with Gasteiger partial charge in [0.1, 0.15) is 28.2 Å². The van der Waals surface area contributed by atoms with E-state index in [-0.39, 0.29) is 17.3 Å². The number of benzene rings is 2. The van der Waals surface area contributed by atoms with E-state index in [1.165, 1.54) is 29.5 Å². The van der Waals surface area contributed by atoms with Crippen LogP contribution in [0.15, 0.2) is 40.8 Å². The first kappa shape index (κ1) is 28.1. The molecule has 6 rings (SSSR count). The number of rotatable bonds is 7. The van der Waals surface area contributed by atoms with Gasteiger partial charge in [0.2, 0.25) is 5.91 Å². The Hall–Kier alpha value is -4.05. The standard InChI is InChI=1S/C30H30F2N6O3S/c1-3-24-28(35(2)30-34-27(25(14-33)42-30)18-4-6-19(31)7-5-18)22-12-20(13-23(32)29(22)41-24)37-10-8-36(9-11-37)17-26(40)38-15-21(39)16-38/h4-7,12-13,21,39H,3,8-11,15-17H2,1-2H3. The average molecular weight is 593 g/mol. The number of β-amino-alcohol motifs (C(OH)–C–C–N with tert-alkyl or cyclic N) is 1. The highest BCUT2D eigenvalue weighted by molar-refractivity contribution is 7.16. The van der Waals surface area contributed by atoms with Gasteiger partial charge in [-0.2, -0.15) is 5.26 Å². The van der Waals surface area contributed by atoms with Gasteiger partial charge in [-0.25, -0.2) is 13.8 Å². The molecule has 1 amide bonds. The molecule has 0 bridgehead atoms. The van der Waals surface area contributed by atoms with Crippen molar-refractivity contribution in [1.29, 1.82) is 5.26 Å². The summed E-state index contributed by atoms with van der Waals surface area (Å²) in [5.74, 6) is -0.221. The highest BCUT2D eigenvalue weighted by Crippen LogP contribution is 2.43. The number of piperazine rings is 1. The van der Waals surface area contributed by atoms with E-state index in [2.05, 4.69) is 15.9 Å². The van der Waals surface area contributed by atoms with E-state index in [4.69, 9.17) is 9.40 Å². The fraction of sp³-hybridized carbons (Fsp3) is 0.367. The minimum absolute atomic E-state index is 0.0173. The molecular weight excluding hydrogens is 562 g/mol. The minimum atomic E-state index is -0.463. The zero-order chi connectivity index (χ0) is 29.5. The number of aliphatic hydroxyl groups excluding tert-OH is 1. The Labute approximate surface area is 245 Å². The Morgan fingerprint density at radius 3 is 2.55 bits per heavy atom. The van der Waals surface area contributed by atoms with E-state index in [0.29, 0.717) is 90.3 Å². The van der Waals surface area contributed by atoms with Crippen LogP contribution in [0, 0.1) is 23.0 Å². The summed E-state index contributed by atoms with van der Waals surface area (Å²) in [6.07, 6.45) is 0.0992. The van der Waals surface area contributed by atoms with E-state index < -0.39 is 11.9 Å². The van der Waals surface area contributed by atoms with Crippen LogP contribution in [0.1, 0.15) is 17.6 Å². The molecule has 9 nitrogen and oxygen atoms in total. The van der Waals surface area contributed by atoms with Crippen LogP contribution in [0.4, 0.5) is 25.3 Å². The molecule has 2 aliphatic rings. The van der Waals surface area contributed by atoms with Crippen molar-refractivity contribution in [2.24, 2.45) is 0 Å². The molecule has 0 saturated carbocycles. The van der Waals surface area contributed by atoms with Crippen molar-refractivity contribution in [1.82, 2.24) is 14.8 Å². The molecule has 0 atom stereocenters. The molecule has 1 N–H and O–H groups in total. The number of carbonyl (C=O) groups excluding carboxylic acids is 1. The number of hydrogen-bond acceptors (Lipinski definition) is 9. The summed E-state index contributed by atoms with van der Waals surface area (Å²) in [4.78, 5) is 25.2. The number of nitrogens with zero attached hydrogens (tertiary/aromatic N) is 6. The second-order valence-electron chi connectivity index (χ2n) is 10.6. The first-order chi connectivity index (χ1) is 20.2. The van der Waals surface area contributed by atoms with Crippen molar-refractivity contribution in [3.63, 3.8) is 0 Å². The number of aliphatic hydroxyl groups is 1. The van der Waals surface area contributed by atoms with Crippen LogP contribution in [0.3, 0.4) is 0 Å². The third-order valence-electron chi connectivity index (χ3n) is 7.86. The zero-order valence-corrected chi connectivity index (χ0v) is 24.1. The average Bonchev–Trinajstić information content (AvgIpc) is 3.58. The van der Waals surface area contributed by atoms with Gasteiger partial charge >= 0.3 is 0 Å². The number of halogens is 2. The summed E-state index contributed by atoms with van der Waals surface area (Å²) >= 11 is 1.21. The fourth-order valence-corrected chi connectivity index (χ4v) is 6.37. The summed E-state index contributed by atoms with van der Waals surface area (Å²) in [6.45, 7) is 5.60. The topological polar surface area (TPSA) is 100 Å². The highest BCUT2D eigenvalue weighted by atomic mass is 32.1. The number of likely N-dealkylation sites (tertiary alicyclic amines) is 1. The molecule has 4 heterocycles. The molecule has 0 radical (unpaired) electrons. The molecule has 2 fully saturated rings. The first-order valence-corrected chi connectivity index (χ1v) is 14.7. The number of aryl methyl sites for hydroxylation is 1. The lowest BCUT2D eigenvalue weighted by atomic mass is 10.1. The van der Waals surface area contributed by atoms with Crippen LogP contribution in [0.25, 0.3) is 22.2 Å².